The minimum absolute atomic E-state index is 0.00465. The lowest BCUT2D eigenvalue weighted by atomic mass is 10.00. The molecule has 1 N–H and O–H groups in total. The van der Waals surface area contributed by atoms with Gasteiger partial charge in [0.2, 0.25) is 0 Å². The van der Waals surface area contributed by atoms with Crippen LogP contribution in [0.3, 0.4) is 0 Å². The summed E-state index contributed by atoms with van der Waals surface area (Å²) in [5.41, 5.74) is 2.13. The first-order valence-corrected chi connectivity index (χ1v) is 6.94. The fraction of sp³-hybridized carbons (Fsp3) is 0.400. The second kappa shape index (κ2) is 5.23. The van der Waals surface area contributed by atoms with E-state index in [0.717, 1.165) is 0 Å². The Balaban J connectivity index is 1.98. The summed E-state index contributed by atoms with van der Waals surface area (Å²) in [6.45, 7) is 0. The Labute approximate surface area is 124 Å². The van der Waals surface area contributed by atoms with Gasteiger partial charge >= 0.3 is 12.1 Å². The number of halogens is 3. The maximum absolute atomic E-state index is 12.9. The molecule has 1 aliphatic rings. The van der Waals surface area contributed by atoms with Crippen molar-refractivity contribution in [1.82, 2.24) is 9.97 Å². The Kier molecular flexibility index (Phi) is 3.50. The number of alkyl halides is 3. The number of fused-ring (bicyclic) bond motifs is 2. The summed E-state index contributed by atoms with van der Waals surface area (Å²) in [5, 5.41) is 8.98. The molecule has 1 heterocycles. The molecule has 1 unspecified atom stereocenters. The topological polar surface area (TPSA) is 63.1 Å². The summed E-state index contributed by atoms with van der Waals surface area (Å²) in [7, 11) is 0. The molecule has 0 saturated carbocycles. The molecule has 1 aromatic heterocycles. The van der Waals surface area contributed by atoms with Gasteiger partial charge in [0.05, 0.1) is 33.9 Å². The third-order valence-corrected chi connectivity index (χ3v) is 3.99. The van der Waals surface area contributed by atoms with Crippen molar-refractivity contribution < 1.29 is 23.1 Å². The molecule has 0 aliphatic heterocycles. The van der Waals surface area contributed by atoms with Crippen LogP contribution < -0.4 is 0 Å². The van der Waals surface area contributed by atoms with Gasteiger partial charge < -0.3 is 5.11 Å². The summed E-state index contributed by atoms with van der Waals surface area (Å²) < 4.78 is 38.6. The summed E-state index contributed by atoms with van der Waals surface area (Å²) in [6, 6.07) is 4.36. The highest BCUT2D eigenvalue weighted by molar-refractivity contribution is 5.92. The zero-order chi connectivity index (χ0) is 15.9. The van der Waals surface area contributed by atoms with Gasteiger partial charge in [0.25, 0.3) is 0 Å². The van der Waals surface area contributed by atoms with Crippen LogP contribution in [0.2, 0.25) is 0 Å². The monoisotopic (exact) mass is 310 g/mol. The van der Waals surface area contributed by atoms with Gasteiger partial charge in [-0.05, 0) is 43.9 Å². The molecule has 3 rings (SSSR count). The van der Waals surface area contributed by atoms with E-state index in [-0.39, 0.29) is 31.2 Å². The molecule has 116 valence electrons. The third-order valence-electron chi connectivity index (χ3n) is 3.99. The molecule has 1 aromatic carbocycles. The molecular formula is C15H13F3N2O2. The van der Waals surface area contributed by atoms with E-state index in [1.54, 1.807) is 0 Å². The van der Waals surface area contributed by atoms with Crippen LogP contribution in [0.4, 0.5) is 13.2 Å². The van der Waals surface area contributed by atoms with E-state index in [9.17, 15) is 18.0 Å². The number of carbonyl (C=O) groups is 1. The van der Waals surface area contributed by atoms with Crippen molar-refractivity contribution in [2.45, 2.75) is 31.9 Å². The van der Waals surface area contributed by atoms with Gasteiger partial charge in [0.15, 0.2) is 0 Å². The van der Waals surface area contributed by atoms with E-state index in [1.165, 1.54) is 18.2 Å². The van der Waals surface area contributed by atoms with E-state index in [2.05, 4.69) is 9.97 Å². The highest BCUT2D eigenvalue weighted by atomic mass is 19.4. The van der Waals surface area contributed by atoms with Crippen molar-refractivity contribution >= 4 is 17.0 Å². The number of rotatable bonds is 1. The van der Waals surface area contributed by atoms with Gasteiger partial charge in [0.1, 0.15) is 0 Å². The summed E-state index contributed by atoms with van der Waals surface area (Å²) in [4.78, 5) is 19.7. The number of aromatic carboxylic acids is 1. The average Bonchev–Trinajstić information content (AvgIpc) is 2.65. The molecule has 0 bridgehead atoms. The molecule has 1 atom stereocenters. The summed E-state index contributed by atoms with van der Waals surface area (Å²) >= 11 is 0. The molecule has 0 fully saturated rings. The van der Waals surface area contributed by atoms with Crippen molar-refractivity contribution in [2.24, 2.45) is 5.92 Å². The van der Waals surface area contributed by atoms with Crippen LogP contribution in [-0.4, -0.2) is 27.2 Å². The van der Waals surface area contributed by atoms with Crippen LogP contribution in [0.1, 0.15) is 34.6 Å². The van der Waals surface area contributed by atoms with Crippen molar-refractivity contribution in [3.63, 3.8) is 0 Å². The van der Waals surface area contributed by atoms with Gasteiger partial charge in [-0.25, -0.2) is 14.8 Å². The molecule has 7 heteroatoms. The van der Waals surface area contributed by atoms with E-state index >= 15 is 0 Å². The predicted molar refractivity (Wildman–Crippen MR) is 72.7 cm³/mol. The minimum atomic E-state index is -4.20. The number of aryl methyl sites for hydroxylation is 2. The molecule has 2 aromatic rings. The second-order valence-electron chi connectivity index (χ2n) is 5.44. The summed E-state index contributed by atoms with van der Waals surface area (Å²) in [6.07, 6.45) is -3.74. The quantitative estimate of drug-likeness (QED) is 0.820. The Bertz CT molecular complexity index is 743. The first-order valence-electron chi connectivity index (χ1n) is 6.94. The molecule has 0 amide bonds. The molecule has 22 heavy (non-hydrogen) atoms. The van der Waals surface area contributed by atoms with Crippen LogP contribution in [0.5, 0.6) is 0 Å². The van der Waals surface area contributed by atoms with Crippen molar-refractivity contribution in [1.29, 1.82) is 0 Å². The Hall–Kier alpha value is -2.18. The normalized spacial score (nSPS) is 18.8. The second-order valence-corrected chi connectivity index (χ2v) is 5.44. The Morgan fingerprint density at radius 2 is 1.68 bits per heavy atom. The lowest BCUT2D eigenvalue weighted by molar-refractivity contribution is -0.177. The fourth-order valence-electron chi connectivity index (χ4n) is 2.75. The van der Waals surface area contributed by atoms with Crippen LogP contribution >= 0.6 is 0 Å². The fourth-order valence-corrected chi connectivity index (χ4v) is 2.75. The maximum atomic E-state index is 12.9. The number of hydrogen-bond donors (Lipinski definition) is 1. The molecule has 0 spiro atoms. The average molecular weight is 310 g/mol. The molecule has 4 nitrogen and oxygen atoms in total. The first kappa shape index (κ1) is 14.7. The van der Waals surface area contributed by atoms with Gasteiger partial charge in [-0.2, -0.15) is 13.2 Å². The highest BCUT2D eigenvalue weighted by Crippen LogP contribution is 2.35. The first-order chi connectivity index (χ1) is 10.3. The van der Waals surface area contributed by atoms with Crippen LogP contribution in [0.15, 0.2) is 18.2 Å². The van der Waals surface area contributed by atoms with E-state index < -0.39 is 18.1 Å². The highest BCUT2D eigenvalue weighted by Gasteiger charge is 2.40. The van der Waals surface area contributed by atoms with Crippen LogP contribution in [0.25, 0.3) is 11.0 Å². The molecule has 0 saturated heterocycles. The van der Waals surface area contributed by atoms with Crippen molar-refractivity contribution in [3.8, 4) is 0 Å². The van der Waals surface area contributed by atoms with Gasteiger partial charge in [-0.3, -0.25) is 0 Å². The number of carboxylic acid groups (broad SMARTS) is 1. The maximum Gasteiger partial charge on any atom is 0.391 e. The lowest BCUT2D eigenvalue weighted by Crippen LogP contribution is -2.22. The number of benzene rings is 1. The van der Waals surface area contributed by atoms with Crippen LogP contribution in [-0.2, 0) is 12.8 Å². The smallest absolute Gasteiger partial charge is 0.391 e. The van der Waals surface area contributed by atoms with Crippen LogP contribution in [0, 0.1) is 5.92 Å². The predicted octanol–water partition coefficient (Wildman–Crippen LogP) is 3.39. The van der Waals surface area contributed by atoms with E-state index in [1.807, 2.05) is 0 Å². The number of aromatic nitrogens is 2. The van der Waals surface area contributed by atoms with E-state index in [0.29, 0.717) is 22.4 Å². The summed E-state index contributed by atoms with van der Waals surface area (Å²) in [5.74, 6) is -2.41. The number of nitrogens with zero attached hydrogens (tertiary/aromatic N) is 2. The molecular weight excluding hydrogens is 297 g/mol. The standard InChI is InChI=1S/C15H13F3N2O2/c16-15(17,18)9-2-5-10-11(6-3-9)20-13-7-8(14(21)22)1-4-12(13)19-10/h1,4,7,9H,2-3,5-6H2,(H,21,22). The van der Waals surface area contributed by atoms with Crippen molar-refractivity contribution in [3.05, 3.63) is 35.2 Å². The third kappa shape index (κ3) is 2.75. The molecule has 0 radical (unpaired) electrons. The Morgan fingerprint density at radius 3 is 2.23 bits per heavy atom. The number of hydrogen-bond acceptors (Lipinski definition) is 3. The largest absolute Gasteiger partial charge is 0.478 e. The zero-order valence-electron chi connectivity index (χ0n) is 11.5. The number of carboxylic acids is 1. The van der Waals surface area contributed by atoms with E-state index in [4.69, 9.17) is 5.11 Å². The van der Waals surface area contributed by atoms with Gasteiger partial charge in [-0.1, -0.05) is 0 Å². The van der Waals surface area contributed by atoms with Gasteiger partial charge in [0, 0.05) is 0 Å². The zero-order valence-corrected chi connectivity index (χ0v) is 11.5. The Morgan fingerprint density at radius 1 is 1.09 bits per heavy atom. The minimum Gasteiger partial charge on any atom is -0.478 e. The molecule has 1 aliphatic carbocycles. The van der Waals surface area contributed by atoms with Crippen molar-refractivity contribution in [2.75, 3.05) is 0 Å². The van der Waals surface area contributed by atoms with Gasteiger partial charge in [-0.15, -0.1) is 0 Å². The lowest BCUT2D eigenvalue weighted by Gasteiger charge is -2.17. The SMILES string of the molecule is O=C(O)c1ccc2nc3c(nc2c1)CCC(C(F)(F)F)CC3.